The second-order valence-electron chi connectivity index (χ2n) is 4.75. The molecule has 1 aromatic rings. The summed E-state index contributed by atoms with van der Waals surface area (Å²) in [6.07, 6.45) is 7.05. The lowest BCUT2D eigenvalue weighted by molar-refractivity contribution is -0.218. The van der Waals surface area contributed by atoms with Gasteiger partial charge in [0, 0.05) is 31.6 Å². The largest absolute Gasteiger partial charge is 0.458 e. The Bertz CT molecular complexity index is 592. The van der Waals surface area contributed by atoms with Gasteiger partial charge in [0.05, 0.1) is 0 Å². The summed E-state index contributed by atoms with van der Waals surface area (Å²) < 4.78 is 16.7. The second-order valence-corrected chi connectivity index (χ2v) is 4.75. The molecule has 0 radical (unpaired) electrons. The number of methoxy groups -OCH3 is 1. The fourth-order valence-electron chi connectivity index (χ4n) is 2.29. The summed E-state index contributed by atoms with van der Waals surface area (Å²) in [5.74, 6) is 6.14. The molecule has 2 atom stereocenters. The molecule has 3 heteroatoms. The van der Waals surface area contributed by atoms with Gasteiger partial charge in [-0.05, 0) is 24.3 Å². The van der Waals surface area contributed by atoms with E-state index < -0.39 is 5.79 Å². The topological polar surface area (TPSA) is 27.7 Å². The first-order valence-corrected chi connectivity index (χ1v) is 6.65. The molecule has 2 unspecified atom stereocenters. The van der Waals surface area contributed by atoms with Crippen molar-refractivity contribution < 1.29 is 14.2 Å². The lowest BCUT2D eigenvalue weighted by Gasteiger charge is -2.22. The summed E-state index contributed by atoms with van der Waals surface area (Å²) >= 11 is 0. The van der Waals surface area contributed by atoms with E-state index in [4.69, 9.17) is 14.2 Å². The molecule has 3 nitrogen and oxygen atoms in total. The highest BCUT2D eigenvalue weighted by Gasteiger charge is 2.43. The van der Waals surface area contributed by atoms with Gasteiger partial charge in [-0.2, -0.15) is 0 Å². The van der Waals surface area contributed by atoms with E-state index in [0.29, 0.717) is 0 Å². The molecule has 3 rings (SSSR count). The Morgan fingerprint density at radius 3 is 2.95 bits per heavy atom. The van der Waals surface area contributed by atoms with Crippen molar-refractivity contribution in [3.63, 3.8) is 0 Å². The van der Waals surface area contributed by atoms with Crippen LogP contribution in [0.25, 0.3) is 0 Å². The van der Waals surface area contributed by atoms with Crippen molar-refractivity contribution in [1.29, 1.82) is 0 Å². The van der Waals surface area contributed by atoms with Gasteiger partial charge in [0.1, 0.15) is 5.76 Å². The van der Waals surface area contributed by atoms with Crippen molar-refractivity contribution in [3.05, 3.63) is 59.9 Å². The van der Waals surface area contributed by atoms with E-state index in [1.807, 2.05) is 42.5 Å². The SMILES string of the molecule is COC1CCC2(C=C/C(=C\C#Cc3ccccc3)O2)O1. The molecule has 1 saturated heterocycles. The van der Waals surface area contributed by atoms with Crippen LogP contribution in [0.5, 0.6) is 0 Å². The molecule has 1 aromatic carbocycles. The number of benzene rings is 1. The zero-order chi connectivity index (χ0) is 13.8. The zero-order valence-corrected chi connectivity index (χ0v) is 11.3. The highest BCUT2D eigenvalue weighted by molar-refractivity contribution is 5.39. The van der Waals surface area contributed by atoms with Gasteiger partial charge in [-0.3, -0.25) is 0 Å². The van der Waals surface area contributed by atoms with E-state index in [1.54, 1.807) is 13.2 Å². The van der Waals surface area contributed by atoms with Crippen LogP contribution in [0.2, 0.25) is 0 Å². The first kappa shape index (κ1) is 13.0. The Hall–Kier alpha value is -2.02. The van der Waals surface area contributed by atoms with Gasteiger partial charge in [-0.15, -0.1) is 0 Å². The van der Waals surface area contributed by atoms with Crippen LogP contribution in [0.4, 0.5) is 0 Å². The van der Waals surface area contributed by atoms with Gasteiger partial charge >= 0.3 is 0 Å². The summed E-state index contributed by atoms with van der Waals surface area (Å²) in [4.78, 5) is 0. The molecular formula is C17H16O3. The molecule has 1 fully saturated rings. The summed E-state index contributed by atoms with van der Waals surface area (Å²) in [7, 11) is 1.64. The quantitative estimate of drug-likeness (QED) is 0.733. The van der Waals surface area contributed by atoms with E-state index >= 15 is 0 Å². The van der Waals surface area contributed by atoms with Crippen LogP contribution in [0.1, 0.15) is 18.4 Å². The number of ether oxygens (including phenoxy) is 3. The summed E-state index contributed by atoms with van der Waals surface area (Å²) in [5, 5.41) is 0. The highest BCUT2D eigenvalue weighted by atomic mass is 16.8. The molecule has 2 aliphatic rings. The van der Waals surface area contributed by atoms with Gasteiger partial charge in [0.25, 0.3) is 0 Å². The lowest BCUT2D eigenvalue weighted by atomic mass is 10.2. The minimum Gasteiger partial charge on any atom is -0.458 e. The van der Waals surface area contributed by atoms with Crippen molar-refractivity contribution in [2.75, 3.05) is 7.11 Å². The normalized spacial score (nSPS) is 29.4. The summed E-state index contributed by atoms with van der Waals surface area (Å²) in [6, 6.07) is 9.86. The number of hydrogen-bond acceptors (Lipinski definition) is 3. The predicted molar refractivity (Wildman–Crippen MR) is 75.5 cm³/mol. The molecule has 1 spiro atoms. The third kappa shape index (κ3) is 2.77. The van der Waals surface area contributed by atoms with Crippen LogP contribution in [-0.2, 0) is 14.2 Å². The van der Waals surface area contributed by atoms with Crippen LogP contribution in [0.3, 0.4) is 0 Å². The smallest absolute Gasteiger partial charge is 0.233 e. The Balaban J connectivity index is 1.65. The third-order valence-electron chi connectivity index (χ3n) is 3.32. The van der Waals surface area contributed by atoms with Gasteiger partial charge in [0.2, 0.25) is 5.79 Å². The van der Waals surface area contributed by atoms with Crippen molar-refractivity contribution in [2.45, 2.75) is 24.9 Å². The van der Waals surface area contributed by atoms with Crippen LogP contribution in [-0.4, -0.2) is 19.2 Å². The lowest BCUT2D eigenvalue weighted by Crippen LogP contribution is -2.27. The molecule has 2 heterocycles. The van der Waals surface area contributed by atoms with Crippen molar-refractivity contribution in [1.82, 2.24) is 0 Å². The molecule has 2 aliphatic heterocycles. The number of rotatable bonds is 1. The maximum absolute atomic E-state index is 5.83. The highest BCUT2D eigenvalue weighted by Crippen LogP contribution is 2.38. The van der Waals surface area contributed by atoms with Gasteiger partial charge < -0.3 is 14.2 Å². The van der Waals surface area contributed by atoms with E-state index in [0.717, 1.165) is 24.2 Å². The fourth-order valence-corrected chi connectivity index (χ4v) is 2.29. The Kier molecular flexibility index (Phi) is 3.60. The standard InChI is InChI=1S/C17H16O3/c1-18-16-11-13-17(20-16)12-10-15(19-17)9-5-8-14-6-3-2-4-7-14/h2-4,6-7,9-10,12,16H,11,13H2,1H3/b15-9+. The molecule has 0 amide bonds. The van der Waals surface area contributed by atoms with Crippen molar-refractivity contribution in [2.24, 2.45) is 0 Å². The first-order chi connectivity index (χ1) is 9.80. The van der Waals surface area contributed by atoms with Gasteiger partial charge in [0.15, 0.2) is 6.29 Å². The van der Waals surface area contributed by atoms with E-state index in [2.05, 4.69) is 11.8 Å². The van der Waals surface area contributed by atoms with Crippen LogP contribution in [0, 0.1) is 11.8 Å². The fraction of sp³-hybridized carbons (Fsp3) is 0.294. The molecule has 0 aromatic heterocycles. The Labute approximate surface area is 118 Å². The van der Waals surface area contributed by atoms with E-state index in [9.17, 15) is 0 Å². The minimum atomic E-state index is -0.652. The molecule has 0 aliphatic carbocycles. The molecule has 0 saturated carbocycles. The first-order valence-electron chi connectivity index (χ1n) is 6.65. The predicted octanol–water partition coefficient (Wildman–Crippen LogP) is 2.99. The maximum atomic E-state index is 5.83. The average molecular weight is 268 g/mol. The van der Waals surface area contributed by atoms with Crippen molar-refractivity contribution >= 4 is 0 Å². The molecule has 0 bridgehead atoms. The monoisotopic (exact) mass is 268 g/mol. The van der Waals surface area contributed by atoms with E-state index in [1.165, 1.54) is 0 Å². The van der Waals surface area contributed by atoms with Crippen LogP contribution in [0.15, 0.2) is 54.3 Å². The molecular weight excluding hydrogens is 252 g/mol. The van der Waals surface area contributed by atoms with Gasteiger partial charge in [-0.1, -0.05) is 30.0 Å². The molecule has 20 heavy (non-hydrogen) atoms. The van der Waals surface area contributed by atoms with Crippen LogP contribution < -0.4 is 0 Å². The average Bonchev–Trinajstić information content (AvgIpc) is 3.08. The van der Waals surface area contributed by atoms with Gasteiger partial charge in [-0.25, -0.2) is 0 Å². The third-order valence-corrected chi connectivity index (χ3v) is 3.32. The number of allylic oxidation sites excluding steroid dienone is 2. The molecule has 102 valence electrons. The zero-order valence-electron chi connectivity index (χ0n) is 11.3. The van der Waals surface area contributed by atoms with Crippen molar-refractivity contribution in [3.8, 4) is 11.8 Å². The Morgan fingerprint density at radius 1 is 1.35 bits per heavy atom. The minimum absolute atomic E-state index is 0.186. The summed E-state index contributed by atoms with van der Waals surface area (Å²) in [5.41, 5.74) is 0.984. The number of hydrogen-bond donors (Lipinski definition) is 0. The van der Waals surface area contributed by atoms with E-state index in [-0.39, 0.29) is 6.29 Å². The van der Waals surface area contributed by atoms with Crippen LogP contribution >= 0.6 is 0 Å². The molecule has 0 N–H and O–H groups in total. The maximum Gasteiger partial charge on any atom is 0.233 e. The second kappa shape index (κ2) is 5.54. The Morgan fingerprint density at radius 2 is 2.20 bits per heavy atom. The summed E-state index contributed by atoms with van der Waals surface area (Å²) in [6.45, 7) is 0.